The Morgan fingerprint density at radius 1 is 1.29 bits per heavy atom. The summed E-state index contributed by atoms with van der Waals surface area (Å²) >= 11 is 0. The zero-order chi connectivity index (χ0) is 10.3. The number of benzene rings is 1. The number of rotatable bonds is 1. The van der Waals surface area contributed by atoms with Gasteiger partial charge in [-0.15, -0.1) is 0 Å². The van der Waals surface area contributed by atoms with Gasteiger partial charge in [-0.2, -0.15) is 8.42 Å². The van der Waals surface area contributed by atoms with E-state index in [1.165, 1.54) is 6.20 Å². The number of halogens is 1. The molecule has 1 aromatic carbocycles. The van der Waals surface area contributed by atoms with E-state index in [2.05, 4.69) is 0 Å². The zero-order valence-corrected chi connectivity index (χ0v) is 8.25. The van der Waals surface area contributed by atoms with Crippen molar-refractivity contribution in [1.82, 2.24) is 3.97 Å². The Morgan fingerprint density at radius 3 is 2.57 bits per heavy atom. The van der Waals surface area contributed by atoms with Crippen LogP contribution in [0, 0.1) is 6.92 Å². The lowest BCUT2D eigenvalue weighted by molar-refractivity contribution is 0.543. The van der Waals surface area contributed by atoms with Crippen molar-refractivity contribution in [2.24, 2.45) is 0 Å². The second-order valence-corrected chi connectivity index (χ2v) is 4.28. The van der Waals surface area contributed by atoms with Crippen LogP contribution in [-0.4, -0.2) is 12.4 Å². The molecule has 1 heterocycles. The number of para-hydroxylation sites is 1. The third kappa shape index (κ3) is 1.29. The molecular formula is C9H8FNO2S. The molecule has 0 amide bonds. The fourth-order valence-corrected chi connectivity index (χ4v) is 2.17. The van der Waals surface area contributed by atoms with Crippen LogP contribution >= 0.6 is 0 Å². The van der Waals surface area contributed by atoms with Crippen LogP contribution in [0.25, 0.3) is 10.9 Å². The van der Waals surface area contributed by atoms with Crippen LogP contribution < -0.4 is 0 Å². The highest BCUT2D eigenvalue weighted by molar-refractivity contribution is 7.85. The Hall–Kier alpha value is -1.36. The van der Waals surface area contributed by atoms with Gasteiger partial charge in [-0.3, -0.25) is 0 Å². The minimum atomic E-state index is -4.69. The van der Waals surface area contributed by atoms with Crippen molar-refractivity contribution in [2.75, 3.05) is 0 Å². The third-order valence-corrected chi connectivity index (χ3v) is 2.88. The van der Waals surface area contributed by atoms with Crippen molar-refractivity contribution in [2.45, 2.75) is 6.92 Å². The van der Waals surface area contributed by atoms with Crippen molar-refractivity contribution >= 4 is 21.3 Å². The minimum absolute atomic E-state index is 0.368. The highest BCUT2D eigenvalue weighted by Crippen LogP contribution is 2.22. The Balaban J connectivity index is 2.93. The van der Waals surface area contributed by atoms with E-state index in [0.717, 1.165) is 10.9 Å². The molecular weight excluding hydrogens is 205 g/mol. The van der Waals surface area contributed by atoms with Crippen LogP contribution in [-0.2, 0) is 10.4 Å². The van der Waals surface area contributed by atoms with Crippen LogP contribution in [0.5, 0.6) is 0 Å². The normalized spacial score (nSPS) is 12.1. The maximum atomic E-state index is 12.8. The van der Waals surface area contributed by atoms with E-state index in [1.807, 2.05) is 0 Å². The Morgan fingerprint density at radius 2 is 1.93 bits per heavy atom. The van der Waals surface area contributed by atoms with Gasteiger partial charge in [0.05, 0.1) is 5.52 Å². The predicted octanol–water partition coefficient (Wildman–Crippen LogP) is 2.01. The number of aromatic nitrogens is 1. The maximum Gasteiger partial charge on any atom is 0.403 e. The van der Waals surface area contributed by atoms with E-state index in [0.29, 0.717) is 9.49 Å². The molecule has 14 heavy (non-hydrogen) atoms. The predicted molar refractivity (Wildman–Crippen MR) is 52.1 cm³/mol. The largest absolute Gasteiger partial charge is 0.403 e. The molecule has 0 fully saturated rings. The first-order valence-corrected chi connectivity index (χ1v) is 5.36. The van der Waals surface area contributed by atoms with Crippen LogP contribution in [0.3, 0.4) is 0 Å². The number of aryl methyl sites for hydroxylation is 1. The monoisotopic (exact) mass is 213 g/mol. The molecule has 2 rings (SSSR count). The molecule has 0 saturated heterocycles. The van der Waals surface area contributed by atoms with Crippen LogP contribution in [0.15, 0.2) is 30.5 Å². The van der Waals surface area contributed by atoms with Crippen molar-refractivity contribution in [3.8, 4) is 0 Å². The molecule has 1 aromatic heterocycles. The molecule has 0 spiro atoms. The number of hydrogen-bond donors (Lipinski definition) is 0. The summed E-state index contributed by atoms with van der Waals surface area (Å²) in [6.45, 7) is 1.74. The summed E-state index contributed by atoms with van der Waals surface area (Å²) in [5, 5.41) is 0.744. The summed E-state index contributed by atoms with van der Waals surface area (Å²) in [6.07, 6.45) is 1.28. The molecule has 0 N–H and O–H groups in total. The molecule has 0 aliphatic carbocycles. The summed E-state index contributed by atoms with van der Waals surface area (Å²) in [5.74, 6) is 0. The molecule has 74 valence electrons. The lowest BCUT2D eigenvalue weighted by Gasteiger charge is -1.96. The van der Waals surface area contributed by atoms with Gasteiger partial charge in [0, 0.05) is 11.6 Å². The topological polar surface area (TPSA) is 39.1 Å². The molecule has 0 bridgehead atoms. The third-order valence-electron chi connectivity index (χ3n) is 2.11. The van der Waals surface area contributed by atoms with Gasteiger partial charge in [-0.25, -0.2) is 3.97 Å². The van der Waals surface area contributed by atoms with E-state index < -0.39 is 10.4 Å². The first-order chi connectivity index (χ1) is 6.50. The molecule has 0 radical (unpaired) electrons. The van der Waals surface area contributed by atoms with E-state index in [9.17, 15) is 12.3 Å². The summed E-state index contributed by atoms with van der Waals surface area (Å²) < 4.78 is 35.0. The van der Waals surface area contributed by atoms with Crippen molar-refractivity contribution in [3.05, 3.63) is 36.0 Å². The average molecular weight is 213 g/mol. The fraction of sp³-hybridized carbons (Fsp3) is 0.111. The SMILES string of the molecule is Cc1cn(S(=O)(=O)F)c2ccccc12. The highest BCUT2D eigenvalue weighted by Gasteiger charge is 2.14. The fourth-order valence-electron chi connectivity index (χ4n) is 1.49. The smallest absolute Gasteiger partial charge is 0.219 e. The van der Waals surface area contributed by atoms with Gasteiger partial charge in [0.2, 0.25) is 0 Å². The zero-order valence-electron chi connectivity index (χ0n) is 7.44. The van der Waals surface area contributed by atoms with Gasteiger partial charge in [0.1, 0.15) is 0 Å². The molecule has 0 unspecified atom stereocenters. The Bertz CT molecular complexity index is 586. The Kier molecular flexibility index (Phi) is 1.85. The van der Waals surface area contributed by atoms with Crippen LogP contribution in [0.4, 0.5) is 3.89 Å². The molecule has 2 aromatic rings. The highest BCUT2D eigenvalue weighted by atomic mass is 32.3. The second-order valence-electron chi connectivity index (χ2n) is 3.07. The van der Waals surface area contributed by atoms with E-state index in [1.54, 1.807) is 31.2 Å². The maximum absolute atomic E-state index is 12.8. The van der Waals surface area contributed by atoms with Crippen LogP contribution in [0.1, 0.15) is 5.56 Å². The van der Waals surface area contributed by atoms with Gasteiger partial charge in [-0.05, 0) is 18.6 Å². The van der Waals surface area contributed by atoms with Crippen molar-refractivity contribution in [3.63, 3.8) is 0 Å². The number of nitrogens with zero attached hydrogens (tertiary/aromatic N) is 1. The summed E-state index contributed by atoms with van der Waals surface area (Å²) in [6, 6.07) is 6.78. The molecule has 3 nitrogen and oxygen atoms in total. The minimum Gasteiger partial charge on any atom is -0.219 e. The van der Waals surface area contributed by atoms with E-state index >= 15 is 0 Å². The number of fused-ring (bicyclic) bond motifs is 1. The van der Waals surface area contributed by atoms with Crippen molar-refractivity contribution in [1.29, 1.82) is 0 Å². The average Bonchev–Trinajstić information content (AvgIpc) is 2.44. The van der Waals surface area contributed by atoms with Crippen LogP contribution in [0.2, 0.25) is 0 Å². The summed E-state index contributed by atoms with van der Waals surface area (Å²) in [7, 11) is -4.69. The number of hydrogen-bond acceptors (Lipinski definition) is 2. The Labute approximate surface area is 81.1 Å². The summed E-state index contributed by atoms with van der Waals surface area (Å²) in [4.78, 5) is 0. The van der Waals surface area contributed by atoms with E-state index in [4.69, 9.17) is 0 Å². The molecule has 0 saturated carbocycles. The van der Waals surface area contributed by atoms with Gasteiger partial charge in [0.25, 0.3) is 0 Å². The molecule has 0 aliphatic rings. The van der Waals surface area contributed by atoms with Gasteiger partial charge >= 0.3 is 10.4 Å². The lowest BCUT2D eigenvalue weighted by Crippen LogP contribution is -2.03. The molecule has 0 aliphatic heterocycles. The van der Waals surface area contributed by atoms with E-state index in [-0.39, 0.29) is 0 Å². The lowest BCUT2D eigenvalue weighted by atomic mass is 10.2. The first-order valence-electron chi connectivity index (χ1n) is 4.02. The van der Waals surface area contributed by atoms with Crippen molar-refractivity contribution < 1.29 is 12.3 Å². The molecule has 5 heteroatoms. The summed E-state index contributed by atoms with van der Waals surface area (Å²) in [5.41, 5.74) is 1.11. The molecule has 0 atom stereocenters. The first kappa shape index (κ1) is 9.21. The quantitative estimate of drug-likeness (QED) is 0.680. The van der Waals surface area contributed by atoms with Gasteiger partial charge in [0.15, 0.2) is 0 Å². The second kappa shape index (κ2) is 2.81. The standard InChI is InChI=1S/C9H8FNO2S/c1-7-6-11(14(10,12)13)9-5-3-2-4-8(7)9/h2-6H,1H3. The van der Waals surface area contributed by atoms with Gasteiger partial charge < -0.3 is 0 Å². The van der Waals surface area contributed by atoms with Gasteiger partial charge in [-0.1, -0.05) is 22.1 Å².